The lowest BCUT2D eigenvalue weighted by Crippen LogP contribution is -2.49. The summed E-state index contributed by atoms with van der Waals surface area (Å²) in [7, 11) is 0. The van der Waals surface area contributed by atoms with Crippen LogP contribution >= 0.6 is 11.6 Å². The number of ether oxygens (including phenoxy) is 1. The van der Waals surface area contributed by atoms with Crippen molar-refractivity contribution in [1.29, 1.82) is 0 Å². The van der Waals surface area contributed by atoms with Gasteiger partial charge in [0.15, 0.2) is 12.1 Å². The van der Waals surface area contributed by atoms with Crippen LogP contribution in [-0.4, -0.2) is 40.9 Å². The molecule has 0 saturated carbocycles. The molecule has 3 rings (SSSR count). The summed E-state index contributed by atoms with van der Waals surface area (Å²) in [5.74, 6) is 0.243. The van der Waals surface area contributed by atoms with Gasteiger partial charge in [0.2, 0.25) is 5.91 Å². The number of nitrogens with two attached hydrogens (primary N) is 1. The largest absolute Gasteiger partial charge is 0.490 e. The number of primary amides is 1. The minimum Gasteiger partial charge on any atom is -0.490 e. The maximum absolute atomic E-state index is 12.7. The highest BCUT2D eigenvalue weighted by Gasteiger charge is 2.35. The zero-order valence-corrected chi connectivity index (χ0v) is 15.1. The summed E-state index contributed by atoms with van der Waals surface area (Å²) < 4.78 is 11.1. The van der Waals surface area contributed by atoms with Gasteiger partial charge in [0.1, 0.15) is 17.6 Å². The Morgan fingerprint density at radius 3 is 2.92 bits per heavy atom. The third kappa shape index (κ3) is 4.16. The molecule has 0 aliphatic carbocycles. The van der Waals surface area contributed by atoms with Crippen molar-refractivity contribution in [1.82, 2.24) is 9.88 Å². The summed E-state index contributed by atoms with van der Waals surface area (Å²) in [5, 5.41) is 0.572. The number of carbonyl (C=O) groups excluding carboxylic acids is 2. The summed E-state index contributed by atoms with van der Waals surface area (Å²) >= 11 is 6.00. The molecule has 1 aliphatic rings. The van der Waals surface area contributed by atoms with Crippen molar-refractivity contribution >= 4 is 23.4 Å². The molecule has 1 aliphatic heterocycles. The van der Waals surface area contributed by atoms with E-state index in [0.717, 1.165) is 0 Å². The molecule has 1 aromatic carbocycles. The average Bonchev–Trinajstić information content (AvgIpc) is 3.01. The van der Waals surface area contributed by atoms with E-state index in [1.807, 2.05) is 6.07 Å². The van der Waals surface area contributed by atoms with Gasteiger partial charge >= 0.3 is 0 Å². The predicted octanol–water partition coefficient (Wildman–Crippen LogP) is 2.42. The van der Waals surface area contributed by atoms with E-state index in [1.54, 1.807) is 30.0 Å². The minimum atomic E-state index is -0.429. The van der Waals surface area contributed by atoms with Crippen molar-refractivity contribution in [2.45, 2.75) is 25.9 Å². The monoisotopic (exact) mass is 377 g/mol. The first-order chi connectivity index (χ1) is 12.4. The van der Waals surface area contributed by atoms with E-state index in [-0.39, 0.29) is 30.0 Å². The number of oxazole rings is 1. The average molecular weight is 378 g/mol. The molecule has 2 amide bonds. The van der Waals surface area contributed by atoms with Crippen LogP contribution in [0.2, 0.25) is 5.02 Å². The molecule has 2 atom stereocenters. The molecule has 2 aromatic rings. The fourth-order valence-electron chi connectivity index (χ4n) is 3.18. The van der Waals surface area contributed by atoms with E-state index in [2.05, 4.69) is 4.98 Å². The summed E-state index contributed by atoms with van der Waals surface area (Å²) in [6.45, 7) is 2.54. The molecule has 0 spiro atoms. The van der Waals surface area contributed by atoms with Crippen molar-refractivity contribution in [2.75, 3.05) is 13.1 Å². The van der Waals surface area contributed by atoms with Gasteiger partial charge in [-0.3, -0.25) is 9.59 Å². The molecule has 1 fully saturated rings. The molecule has 26 heavy (non-hydrogen) atoms. The van der Waals surface area contributed by atoms with Gasteiger partial charge in [-0.2, -0.15) is 0 Å². The second-order valence-corrected chi connectivity index (χ2v) is 6.78. The Hall–Kier alpha value is -2.54. The number of aryl methyl sites for hydroxylation is 1. The van der Waals surface area contributed by atoms with Crippen LogP contribution < -0.4 is 10.5 Å². The number of amides is 2. The number of aromatic nitrogens is 1. The Bertz CT molecular complexity index is 807. The first-order valence-corrected chi connectivity index (χ1v) is 8.71. The molecule has 0 radical (unpaired) electrons. The van der Waals surface area contributed by atoms with Crippen LogP contribution in [0.5, 0.6) is 5.75 Å². The second-order valence-electron chi connectivity index (χ2n) is 6.34. The fraction of sp³-hybridized carbons (Fsp3) is 0.389. The molecular weight excluding hydrogens is 358 g/mol. The van der Waals surface area contributed by atoms with Crippen LogP contribution in [-0.2, 0) is 4.79 Å². The standard InChI is InChI=1S/C18H20ClN3O4/c1-11-17(21-10-25-11)18(24)22-6-5-15(12(9-22)7-16(20)23)26-14-4-2-3-13(19)8-14/h2-4,8,10,12,15H,5-7,9H2,1H3,(H2,20,23)/t12-,15-/m0/s1. The maximum Gasteiger partial charge on any atom is 0.276 e. The molecule has 0 unspecified atom stereocenters. The molecule has 8 heteroatoms. The van der Waals surface area contributed by atoms with Gasteiger partial charge in [0, 0.05) is 36.9 Å². The third-order valence-electron chi connectivity index (χ3n) is 4.45. The number of benzene rings is 1. The fourth-order valence-corrected chi connectivity index (χ4v) is 3.36. The lowest BCUT2D eigenvalue weighted by atomic mass is 9.91. The van der Waals surface area contributed by atoms with Crippen LogP contribution in [0.1, 0.15) is 29.1 Å². The van der Waals surface area contributed by atoms with Crippen molar-refractivity contribution < 1.29 is 18.7 Å². The van der Waals surface area contributed by atoms with Crippen molar-refractivity contribution in [3.8, 4) is 5.75 Å². The molecule has 7 nitrogen and oxygen atoms in total. The zero-order chi connectivity index (χ0) is 18.7. The predicted molar refractivity (Wildman–Crippen MR) is 94.9 cm³/mol. The summed E-state index contributed by atoms with van der Waals surface area (Å²) in [5.41, 5.74) is 5.69. The Morgan fingerprint density at radius 1 is 1.46 bits per heavy atom. The van der Waals surface area contributed by atoms with Gasteiger partial charge in [-0.15, -0.1) is 0 Å². The first kappa shape index (κ1) is 18.3. The van der Waals surface area contributed by atoms with E-state index in [0.29, 0.717) is 36.0 Å². The maximum atomic E-state index is 12.7. The Kier molecular flexibility index (Phi) is 5.46. The summed E-state index contributed by atoms with van der Waals surface area (Å²) in [6, 6.07) is 7.09. The van der Waals surface area contributed by atoms with Crippen LogP contribution in [0.15, 0.2) is 35.1 Å². The highest BCUT2D eigenvalue weighted by atomic mass is 35.5. The Labute approximate surface area is 156 Å². The number of rotatable bonds is 5. The van der Waals surface area contributed by atoms with Crippen LogP contribution in [0, 0.1) is 12.8 Å². The Morgan fingerprint density at radius 2 is 2.27 bits per heavy atom. The number of nitrogens with zero attached hydrogens (tertiary/aromatic N) is 2. The quantitative estimate of drug-likeness (QED) is 0.862. The van der Waals surface area contributed by atoms with E-state index < -0.39 is 5.91 Å². The lowest BCUT2D eigenvalue weighted by molar-refractivity contribution is -0.120. The van der Waals surface area contributed by atoms with Crippen molar-refractivity contribution in [3.05, 3.63) is 47.1 Å². The lowest BCUT2D eigenvalue weighted by Gasteiger charge is -2.38. The van der Waals surface area contributed by atoms with Crippen molar-refractivity contribution in [2.24, 2.45) is 11.7 Å². The smallest absolute Gasteiger partial charge is 0.276 e. The topological polar surface area (TPSA) is 98.7 Å². The molecule has 138 valence electrons. The molecule has 0 bridgehead atoms. The van der Waals surface area contributed by atoms with E-state index in [1.165, 1.54) is 6.39 Å². The van der Waals surface area contributed by atoms with Crippen LogP contribution in [0.25, 0.3) is 0 Å². The number of hydrogen-bond donors (Lipinski definition) is 1. The van der Waals surface area contributed by atoms with E-state index in [9.17, 15) is 9.59 Å². The van der Waals surface area contributed by atoms with E-state index >= 15 is 0 Å². The van der Waals surface area contributed by atoms with Gasteiger partial charge < -0.3 is 19.8 Å². The number of halogens is 1. The number of likely N-dealkylation sites (tertiary alicyclic amines) is 1. The number of carbonyl (C=O) groups is 2. The number of piperidine rings is 1. The third-order valence-corrected chi connectivity index (χ3v) is 4.68. The molecule has 2 heterocycles. The van der Waals surface area contributed by atoms with Gasteiger partial charge in [0.25, 0.3) is 5.91 Å². The normalized spacial score (nSPS) is 20.0. The van der Waals surface area contributed by atoms with Gasteiger partial charge in [-0.1, -0.05) is 17.7 Å². The molecular formula is C18H20ClN3O4. The van der Waals surface area contributed by atoms with Crippen LogP contribution in [0.4, 0.5) is 0 Å². The number of hydrogen-bond acceptors (Lipinski definition) is 5. The molecule has 1 aromatic heterocycles. The van der Waals surface area contributed by atoms with Crippen molar-refractivity contribution in [3.63, 3.8) is 0 Å². The SMILES string of the molecule is Cc1ocnc1C(=O)N1CC[C@H](Oc2cccc(Cl)c2)[C@@H](CC(N)=O)C1. The summed E-state index contributed by atoms with van der Waals surface area (Å²) in [4.78, 5) is 29.8. The molecule has 1 saturated heterocycles. The first-order valence-electron chi connectivity index (χ1n) is 8.34. The van der Waals surface area contributed by atoms with Gasteiger partial charge in [0.05, 0.1) is 0 Å². The second kappa shape index (κ2) is 7.78. The van der Waals surface area contributed by atoms with Gasteiger partial charge in [-0.05, 0) is 25.1 Å². The minimum absolute atomic E-state index is 0.132. The zero-order valence-electron chi connectivity index (χ0n) is 14.4. The highest BCUT2D eigenvalue weighted by Crippen LogP contribution is 2.28. The van der Waals surface area contributed by atoms with Gasteiger partial charge in [-0.25, -0.2) is 4.98 Å². The highest BCUT2D eigenvalue weighted by molar-refractivity contribution is 6.30. The molecule has 2 N–H and O–H groups in total. The summed E-state index contributed by atoms with van der Waals surface area (Å²) in [6.07, 6.45) is 1.72. The van der Waals surface area contributed by atoms with E-state index in [4.69, 9.17) is 26.5 Å². The van der Waals surface area contributed by atoms with Crippen LogP contribution in [0.3, 0.4) is 0 Å². The Balaban J connectivity index is 1.73.